The van der Waals surface area contributed by atoms with Crippen LogP contribution in [0, 0.1) is 0 Å². The molecule has 2 amide bonds. The van der Waals surface area contributed by atoms with Crippen LogP contribution in [0.2, 0.25) is 0 Å². The normalized spacial score (nSPS) is 20.9. The smallest absolute Gasteiger partial charge is 0.294 e. The second-order valence-corrected chi connectivity index (χ2v) is 6.45. The van der Waals surface area contributed by atoms with Crippen LogP contribution < -0.4 is 4.74 Å². The van der Waals surface area contributed by atoms with Crippen molar-refractivity contribution in [1.29, 1.82) is 0 Å². The standard InChI is InChI=1S/C17H20N2O4S/c1-2-23-14-6-4-3-5-13(14)11-15-16(20)19(17(21)24-15)12-18-7-9-22-10-8-18/h3-6,11H,2,7-10,12H2,1H3/b15-11+. The lowest BCUT2D eigenvalue weighted by molar-refractivity contribution is -0.125. The molecule has 6 nitrogen and oxygen atoms in total. The highest BCUT2D eigenvalue weighted by molar-refractivity contribution is 8.18. The number of para-hydroxylation sites is 1. The largest absolute Gasteiger partial charge is 0.493 e. The summed E-state index contributed by atoms with van der Waals surface area (Å²) in [6.07, 6.45) is 1.73. The van der Waals surface area contributed by atoms with E-state index in [9.17, 15) is 9.59 Å². The summed E-state index contributed by atoms with van der Waals surface area (Å²) in [4.78, 5) is 28.6. The molecule has 128 valence electrons. The summed E-state index contributed by atoms with van der Waals surface area (Å²) in [5.74, 6) is 0.461. The predicted octanol–water partition coefficient (Wildman–Crippen LogP) is 2.41. The topological polar surface area (TPSA) is 59.1 Å². The molecule has 3 rings (SSSR count). The average Bonchev–Trinajstić information content (AvgIpc) is 2.85. The number of carbonyl (C=O) groups is 2. The number of benzene rings is 1. The van der Waals surface area contributed by atoms with Crippen LogP contribution in [-0.2, 0) is 9.53 Å². The summed E-state index contributed by atoms with van der Waals surface area (Å²) < 4.78 is 10.9. The quantitative estimate of drug-likeness (QED) is 0.762. The molecule has 2 aliphatic heterocycles. The Hall–Kier alpha value is -1.83. The average molecular weight is 348 g/mol. The zero-order valence-corrected chi connectivity index (χ0v) is 14.4. The van der Waals surface area contributed by atoms with E-state index in [-0.39, 0.29) is 11.1 Å². The van der Waals surface area contributed by atoms with Crippen LogP contribution in [-0.4, -0.2) is 60.5 Å². The fourth-order valence-electron chi connectivity index (χ4n) is 2.59. The van der Waals surface area contributed by atoms with E-state index < -0.39 is 0 Å². The zero-order chi connectivity index (χ0) is 16.9. The highest BCUT2D eigenvalue weighted by Gasteiger charge is 2.36. The predicted molar refractivity (Wildman–Crippen MR) is 92.7 cm³/mol. The Morgan fingerprint density at radius 2 is 2.00 bits per heavy atom. The number of imide groups is 1. The third-order valence-electron chi connectivity index (χ3n) is 3.82. The summed E-state index contributed by atoms with van der Waals surface area (Å²) in [6, 6.07) is 7.49. The van der Waals surface area contributed by atoms with Crippen molar-refractivity contribution < 1.29 is 19.1 Å². The van der Waals surface area contributed by atoms with Gasteiger partial charge in [-0.05, 0) is 30.8 Å². The summed E-state index contributed by atoms with van der Waals surface area (Å²) in [5, 5.41) is -0.230. The van der Waals surface area contributed by atoms with Crippen molar-refractivity contribution >= 4 is 29.0 Å². The molecular weight excluding hydrogens is 328 g/mol. The first-order valence-corrected chi connectivity index (χ1v) is 8.78. The number of carbonyl (C=O) groups excluding carboxylic acids is 2. The minimum Gasteiger partial charge on any atom is -0.493 e. The molecule has 0 bridgehead atoms. The SMILES string of the molecule is CCOc1ccccc1/C=C1/SC(=O)N(CN2CCOCC2)C1=O. The van der Waals surface area contributed by atoms with Crippen LogP contribution in [0.4, 0.5) is 4.79 Å². The monoisotopic (exact) mass is 348 g/mol. The molecule has 0 atom stereocenters. The van der Waals surface area contributed by atoms with E-state index in [4.69, 9.17) is 9.47 Å². The first-order chi connectivity index (χ1) is 11.7. The third kappa shape index (κ3) is 3.80. The summed E-state index contributed by atoms with van der Waals surface area (Å²) in [7, 11) is 0. The summed E-state index contributed by atoms with van der Waals surface area (Å²) >= 11 is 0.977. The fourth-order valence-corrected chi connectivity index (χ4v) is 3.41. The maximum absolute atomic E-state index is 12.6. The van der Waals surface area contributed by atoms with Crippen molar-refractivity contribution in [2.75, 3.05) is 39.6 Å². The number of rotatable bonds is 5. The summed E-state index contributed by atoms with van der Waals surface area (Å²) in [5.41, 5.74) is 0.802. The Labute approximate surface area is 145 Å². The molecule has 2 heterocycles. The van der Waals surface area contributed by atoms with E-state index >= 15 is 0 Å². The molecule has 0 saturated carbocycles. The number of ether oxygens (including phenoxy) is 2. The molecule has 7 heteroatoms. The first-order valence-electron chi connectivity index (χ1n) is 7.96. The first kappa shape index (κ1) is 17.0. The van der Waals surface area contributed by atoms with Gasteiger partial charge in [0.15, 0.2) is 0 Å². The van der Waals surface area contributed by atoms with E-state index in [0.29, 0.717) is 37.1 Å². The van der Waals surface area contributed by atoms with Gasteiger partial charge >= 0.3 is 0 Å². The van der Waals surface area contributed by atoms with Gasteiger partial charge in [-0.25, -0.2) is 0 Å². The van der Waals surface area contributed by atoms with Crippen molar-refractivity contribution in [2.45, 2.75) is 6.92 Å². The van der Waals surface area contributed by atoms with Gasteiger partial charge in [0.05, 0.1) is 31.4 Å². The van der Waals surface area contributed by atoms with Crippen LogP contribution >= 0.6 is 11.8 Å². The number of hydrogen-bond donors (Lipinski definition) is 0. The minimum absolute atomic E-state index is 0.230. The van der Waals surface area contributed by atoms with Gasteiger partial charge < -0.3 is 9.47 Å². The Morgan fingerprint density at radius 1 is 1.25 bits per heavy atom. The lowest BCUT2D eigenvalue weighted by Crippen LogP contribution is -2.45. The second kappa shape index (κ2) is 7.83. The van der Waals surface area contributed by atoms with Crippen molar-refractivity contribution in [3.05, 3.63) is 34.7 Å². The van der Waals surface area contributed by atoms with Gasteiger partial charge in [0.1, 0.15) is 5.75 Å². The van der Waals surface area contributed by atoms with E-state index in [1.165, 1.54) is 4.90 Å². The molecular formula is C17H20N2O4S. The van der Waals surface area contributed by atoms with Crippen molar-refractivity contribution in [3.63, 3.8) is 0 Å². The Morgan fingerprint density at radius 3 is 2.75 bits per heavy atom. The lowest BCUT2D eigenvalue weighted by Gasteiger charge is -2.29. The lowest BCUT2D eigenvalue weighted by atomic mass is 10.2. The molecule has 24 heavy (non-hydrogen) atoms. The van der Waals surface area contributed by atoms with Gasteiger partial charge in [-0.3, -0.25) is 19.4 Å². The van der Waals surface area contributed by atoms with Crippen molar-refractivity contribution in [1.82, 2.24) is 9.80 Å². The summed E-state index contributed by atoms with van der Waals surface area (Å²) in [6.45, 7) is 5.50. The number of amides is 2. The molecule has 2 aliphatic rings. The molecule has 0 radical (unpaired) electrons. The van der Waals surface area contributed by atoms with Crippen LogP contribution in [0.1, 0.15) is 12.5 Å². The molecule has 2 saturated heterocycles. The highest BCUT2D eigenvalue weighted by atomic mass is 32.2. The number of thioether (sulfide) groups is 1. The van der Waals surface area contributed by atoms with Crippen LogP contribution in [0.3, 0.4) is 0 Å². The zero-order valence-electron chi connectivity index (χ0n) is 13.6. The molecule has 0 unspecified atom stereocenters. The number of morpholine rings is 1. The van der Waals surface area contributed by atoms with Gasteiger partial charge in [0.2, 0.25) is 0 Å². The highest BCUT2D eigenvalue weighted by Crippen LogP contribution is 2.34. The van der Waals surface area contributed by atoms with Gasteiger partial charge in [0, 0.05) is 18.7 Å². The van der Waals surface area contributed by atoms with Crippen LogP contribution in [0.15, 0.2) is 29.2 Å². The molecule has 0 N–H and O–H groups in total. The van der Waals surface area contributed by atoms with Crippen LogP contribution in [0.5, 0.6) is 5.75 Å². The Kier molecular flexibility index (Phi) is 5.55. The van der Waals surface area contributed by atoms with Gasteiger partial charge in [-0.15, -0.1) is 0 Å². The molecule has 0 aromatic heterocycles. The van der Waals surface area contributed by atoms with Crippen molar-refractivity contribution in [2.24, 2.45) is 0 Å². The molecule has 1 aromatic carbocycles. The molecule has 0 spiro atoms. The molecule has 1 aromatic rings. The number of hydrogen-bond acceptors (Lipinski definition) is 6. The maximum Gasteiger partial charge on any atom is 0.294 e. The van der Waals surface area contributed by atoms with E-state index in [1.807, 2.05) is 31.2 Å². The van der Waals surface area contributed by atoms with Gasteiger partial charge in [-0.1, -0.05) is 18.2 Å². The molecule has 0 aliphatic carbocycles. The van der Waals surface area contributed by atoms with E-state index in [0.717, 1.165) is 30.4 Å². The molecule has 2 fully saturated rings. The van der Waals surface area contributed by atoms with Gasteiger partial charge in [0.25, 0.3) is 11.1 Å². The Bertz CT molecular complexity index is 656. The van der Waals surface area contributed by atoms with Gasteiger partial charge in [-0.2, -0.15) is 0 Å². The van der Waals surface area contributed by atoms with E-state index in [2.05, 4.69) is 4.90 Å². The van der Waals surface area contributed by atoms with Crippen LogP contribution in [0.25, 0.3) is 6.08 Å². The van der Waals surface area contributed by atoms with E-state index in [1.54, 1.807) is 6.08 Å². The maximum atomic E-state index is 12.6. The van der Waals surface area contributed by atoms with Crippen molar-refractivity contribution in [3.8, 4) is 5.75 Å². The number of nitrogens with zero attached hydrogens (tertiary/aromatic N) is 2. The third-order valence-corrected chi connectivity index (χ3v) is 4.73. The second-order valence-electron chi connectivity index (χ2n) is 5.45. The Balaban J connectivity index is 1.75. The fraction of sp³-hybridized carbons (Fsp3) is 0.412. The minimum atomic E-state index is -0.247.